The Hall–Kier alpha value is -1.26. The van der Waals surface area contributed by atoms with Gasteiger partial charge in [0.2, 0.25) is 5.91 Å². The minimum absolute atomic E-state index is 0.0659. The highest BCUT2D eigenvalue weighted by atomic mass is 16.4. The predicted octanol–water partition coefficient (Wildman–Crippen LogP) is 2.38. The summed E-state index contributed by atoms with van der Waals surface area (Å²) in [5.41, 5.74) is 4.97. The molecular weight excluding hydrogens is 254 g/mol. The molecule has 0 spiro atoms. The third-order valence-corrected chi connectivity index (χ3v) is 5.33. The molecule has 2 fully saturated rings. The first-order valence-corrected chi connectivity index (χ1v) is 7.72. The molecule has 5 heteroatoms. The Labute approximate surface area is 121 Å². The molecule has 114 valence electrons. The van der Waals surface area contributed by atoms with Crippen molar-refractivity contribution >= 4 is 11.7 Å². The number of rotatable bonds is 3. The summed E-state index contributed by atoms with van der Waals surface area (Å²) in [7, 11) is 0. The van der Waals surface area contributed by atoms with Gasteiger partial charge in [0.15, 0.2) is 5.84 Å². The SMILES string of the molecule is CC1CCC(NC(=O)C2(C)CCCC2)(C(N)=NO)CC1. The van der Waals surface area contributed by atoms with E-state index in [2.05, 4.69) is 17.4 Å². The molecule has 2 saturated carbocycles. The molecule has 0 atom stereocenters. The van der Waals surface area contributed by atoms with Crippen LogP contribution in [0.5, 0.6) is 0 Å². The topological polar surface area (TPSA) is 87.7 Å². The molecule has 5 nitrogen and oxygen atoms in total. The second kappa shape index (κ2) is 5.62. The third kappa shape index (κ3) is 2.76. The van der Waals surface area contributed by atoms with Gasteiger partial charge in [0, 0.05) is 5.41 Å². The van der Waals surface area contributed by atoms with Gasteiger partial charge in [0.05, 0.1) is 0 Å². The molecule has 2 aliphatic carbocycles. The summed E-state index contributed by atoms with van der Waals surface area (Å²) in [4.78, 5) is 12.6. The second-order valence-electron chi connectivity index (χ2n) is 6.97. The lowest BCUT2D eigenvalue weighted by Gasteiger charge is -2.41. The number of hydrogen-bond acceptors (Lipinski definition) is 3. The first-order valence-electron chi connectivity index (χ1n) is 7.72. The van der Waals surface area contributed by atoms with Crippen LogP contribution in [-0.2, 0) is 4.79 Å². The van der Waals surface area contributed by atoms with E-state index in [-0.39, 0.29) is 17.2 Å². The van der Waals surface area contributed by atoms with Gasteiger partial charge in [0.1, 0.15) is 5.54 Å². The molecule has 2 rings (SSSR count). The minimum Gasteiger partial charge on any atom is -0.409 e. The van der Waals surface area contributed by atoms with E-state index < -0.39 is 5.54 Å². The van der Waals surface area contributed by atoms with Gasteiger partial charge in [-0.05, 0) is 44.4 Å². The Balaban J connectivity index is 2.14. The van der Waals surface area contributed by atoms with Crippen LogP contribution in [0.1, 0.15) is 65.2 Å². The maximum atomic E-state index is 12.6. The summed E-state index contributed by atoms with van der Waals surface area (Å²) in [6.07, 6.45) is 7.58. The van der Waals surface area contributed by atoms with E-state index in [0.29, 0.717) is 5.92 Å². The number of carbonyl (C=O) groups excluding carboxylic acids is 1. The van der Waals surface area contributed by atoms with E-state index in [1.165, 1.54) is 0 Å². The van der Waals surface area contributed by atoms with Crippen molar-refractivity contribution in [2.75, 3.05) is 0 Å². The smallest absolute Gasteiger partial charge is 0.226 e. The number of amides is 1. The van der Waals surface area contributed by atoms with Gasteiger partial charge in [-0.25, -0.2) is 0 Å². The summed E-state index contributed by atoms with van der Waals surface area (Å²) in [6, 6.07) is 0. The zero-order chi connectivity index (χ0) is 14.8. The van der Waals surface area contributed by atoms with Crippen molar-refractivity contribution in [3.8, 4) is 0 Å². The molecule has 1 amide bonds. The normalized spacial score (nSPS) is 33.9. The highest BCUT2D eigenvalue weighted by molar-refractivity contribution is 5.95. The number of oxime groups is 1. The van der Waals surface area contributed by atoms with Crippen molar-refractivity contribution < 1.29 is 10.0 Å². The molecule has 0 aliphatic heterocycles. The fraction of sp³-hybridized carbons (Fsp3) is 0.867. The summed E-state index contributed by atoms with van der Waals surface area (Å²) < 4.78 is 0. The lowest BCUT2D eigenvalue weighted by atomic mass is 9.75. The van der Waals surface area contributed by atoms with Gasteiger partial charge in [0.25, 0.3) is 0 Å². The zero-order valence-corrected chi connectivity index (χ0v) is 12.6. The Morgan fingerprint density at radius 1 is 1.25 bits per heavy atom. The highest BCUT2D eigenvalue weighted by Crippen LogP contribution is 2.39. The van der Waals surface area contributed by atoms with Crippen molar-refractivity contribution in [3.63, 3.8) is 0 Å². The minimum atomic E-state index is -0.649. The highest BCUT2D eigenvalue weighted by Gasteiger charge is 2.44. The predicted molar refractivity (Wildman–Crippen MR) is 78.5 cm³/mol. The van der Waals surface area contributed by atoms with Gasteiger partial charge < -0.3 is 16.3 Å². The van der Waals surface area contributed by atoms with Crippen molar-refractivity contribution in [2.45, 2.75) is 70.8 Å². The molecule has 0 aromatic rings. The molecule has 0 saturated heterocycles. The number of nitrogens with zero attached hydrogens (tertiary/aromatic N) is 1. The van der Waals surface area contributed by atoms with Crippen molar-refractivity contribution in [3.05, 3.63) is 0 Å². The van der Waals surface area contributed by atoms with Crippen molar-refractivity contribution in [1.29, 1.82) is 0 Å². The zero-order valence-electron chi connectivity index (χ0n) is 12.6. The first-order chi connectivity index (χ1) is 9.42. The monoisotopic (exact) mass is 281 g/mol. The van der Waals surface area contributed by atoms with Crippen LogP contribution in [0.3, 0.4) is 0 Å². The average molecular weight is 281 g/mol. The van der Waals surface area contributed by atoms with Crippen LogP contribution >= 0.6 is 0 Å². The molecule has 0 bridgehead atoms. The molecule has 0 aromatic carbocycles. The van der Waals surface area contributed by atoms with Gasteiger partial charge in [-0.3, -0.25) is 4.79 Å². The molecule has 0 unspecified atom stereocenters. The number of carbonyl (C=O) groups is 1. The fourth-order valence-corrected chi connectivity index (χ4v) is 3.55. The quantitative estimate of drug-likeness (QED) is 0.321. The van der Waals surface area contributed by atoms with Crippen LogP contribution in [0, 0.1) is 11.3 Å². The van der Waals surface area contributed by atoms with Crippen LogP contribution in [0.4, 0.5) is 0 Å². The lowest BCUT2D eigenvalue weighted by molar-refractivity contribution is -0.131. The van der Waals surface area contributed by atoms with Crippen LogP contribution in [0.15, 0.2) is 5.16 Å². The molecule has 20 heavy (non-hydrogen) atoms. The summed E-state index contributed by atoms with van der Waals surface area (Å²) >= 11 is 0. The summed E-state index contributed by atoms with van der Waals surface area (Å²) in [6.45, 7) is 4.23. The first kappa shape index (κ1) is 15.1. The third-order valence-electron chi connectivity index (χ3n) is 5.33. The standard InChI is InChI=1S/C15H27N3O2/c1-11-5-9-15(10-6-11,12(16)18-20)17-13(19)14(2)7-3-4-8-14/h11,20H,3-10H2,1-2H3,(H2,16,18)(H,17,19). The Morgan fingerprint density at radius 2 is 1.80 bits per heavy atom. The lowest BCUT2D eigenvalue weighted by Crippen LogP contribution is -2.61. The second-order valence-corrected chi connectivity index (χ2v) is 6.97. The van der Waals surface area contributed by atoms with E-state index in [1.807, 2.05) is 6.92 Å². The van der Waals surface area contributed by atoms with E-state index in [0.717, 1.165) is 51.4 Å². The largest absolute Gasteiger partial charge is 0.409 e. The maximum absolute atomic E-state index is 12.6. The summed E-state index contributed by atoms with van der Waals surface area (Å²) in [5, 5.41) is 15.4. The Bertz CT molecular complexity index is 392. The number of hydrogen-bond donors (Lipinski definition) is 3. The molecule has 0 heterocycles. The molecule has 4 N–H and O–H groups in total. The average Bonchev–Trinajstić information content (AvgIpc) is 2.89. The number of nitrogens with two attached hydrogens (primary N) is 1. The van der Waals surface area contributed by atoms with E-state index >= 15 is 0 Å². The summed E-state index contributed by atoms with van der Waals surface area (Å²) in [5.74, 6) is 0.851. The van der Waals surface area contributed by atoms with E-state index in [4.69, 9.17) is 10.9 Å². The van der Waals surface area contributed by atoms with Crippen LogP contribution in [0.25, 0.3) is 0 Å². The maximum Gasteiger partial charge on any atom is 0.226 e. The van der Waals surface area contributed by atoms with E-state index in [1.54, 1.807) is 0 Å². The molecule has 0 radical (unpaired) electrons. The fourth-order valence-electron chi connectivity index (χ4n) is 3.55. The van der Waals surface area contributed by atoms with Crippen molar-refractivity contribution in [2.24, 2.45) is 22.2 Å². The number of nitrogens with one attached hydrogen (secondary N) is 1. The Kier molecular flexibility index (Phi) is 4.25. The van der Waals surface area contributed by atoms with Crippen molar-refractivity contribution in [1.82, 2.24) is 5.32 Å². The van der Waals surface area contributed by atoms with Gasteiger partial charge in [-0.2, -0.15) is 0 Å². The van der Waals surface area contributed by atoms with Gasteiger partial charge in [-0.15, -0.1) is 0 Å². The molecular formula is C15H27N3O2. The van der Waals surface area contributed by atoms with Crippen LogP contribution in [-0.4, -0.2) is 22.5 Å². The number of amidine groups is 1. The van der Waals surface area contributed by atoms with E-state index in [9.17, 15) is 4.79 Å². The molecule has 2 aliphatic rings. The van der Waals surface area contributed by atoms with Crippen LogP contribution in [0.2, 0.25) is 0 Å². The van der Waals surface area contributed by atoms with Gasteiger partial charge in [-0.1, -0.05) is 31.8 Å². The molecule has 0 aromatic heterocycles. The van der Waals surface area contributed by atoms with Crippen LogP contribution < -0.4 is 11.1 Å². The Morgan fingerprint density at radius 3 is 2.30 bits per heavy atom. The van der Waals surface area contributed by atoms with Gasteiger partial charge >= 0.3 is 0 Å².